The molecule has 1 heterocycles. The lowest BCUT2D eigenvalue weighted by Gasteiger charge is -2.03. The quantitative estimate of drug-likeness (QED) is 0.714. The average Bonchev–Trinajstić information content (AvgIpc) is 2.04. The molecule has 0 radical (unpaired) electrons. The number of rotatable bonds is 2. The summed E-state index contributed by atoms with van der Waals surface area (Å²) < 4.78 is 4.85. The molecule has 0 N–H and O–H groups in total. The van der Waals surface area contributed by atoms with Gasteiger partial charge in [0.05, 0.1) is 22.9 Å². The van der Waals surface area contributed by atoms with Crippen molar-refractivity contribution in [1.29, 1.82) is 5.26 Å². The largest absolute Gasteiger partial charge is 0.378 e. The van der Waals surface area contributed by atoms with E-state index in [-0.39, 0.29) is 11.8 Å². The summed E-state index contributed by atoms with van der Waals surface area (Å²) >= 11 is 11.4. The van der Waals surface area contributed by atoms with E-state index in [0.29, 0.717) is 16.3 Å². The Bertz CT molecular complexity index is 360. The summed E-state index contributed by atoms with van der Waals surface area (Å²) in [6.07, 6.45) is 0. The molecule has 13 heavy (non-hydrogen) atoms. The molecule has 0 fully saturated rings. The van der Waals surface area contributed by atoms with Crippen molar-refractivity contribution >= 4 is 23.2 Å². The molecule has 1 rings (SSSR count). The van der Waals surface area contributed by atoms with Crippen LogP contribution in [0.4, 0.5) is 0 Å². The minimum absolute atomic E-state index is 0.225. The molecule has 0 atom stereocenters. The zero-order valence-electron chi connectivity index (χ0n) is 6.84. The molecule has 0 amide bonds. The molecular weight excluding hydrogens is 211 g/mol. The smallest absolute Gasteiger partial charge is 0.131 e. The highest BCUT2D eigenvalue weighted by Gasteiger charge is 2.09. The van der Waals surface area contributed by atoms with Crippen molar-refractivity contribution in [3.05, 3.63) is 27.5 Å². The first-order valence-electron chi connectivity index (χ1n) is 3.43. The third-order valence-electron chi connectivity index (χ3n) is 1.41. The molecule has 1 aromatic rings. The number of aromatic nitrogens is 1. The third-order valence-corrected chi connectivity index (χ3v) is 1.90. The van der Waals surface area contributed by atoms with Gasteiger partial charge in [-0.3, -0.25) is 0 Å². The molecule has 0 spiro atoms. The number of nitriles is 1. The summed E-state index contributed by atoms with van der Waals surface area (Å²) in [5, 5.41) is 9.30. The maximum Gasteiger partial charge on any atom is 0.131 e. The zero-order chi connectivity index (χ0) is 9.84. The molecule has 0 aliphatic heterocycles. The van der Waals surface area contributed by atoms with E-state index >= 15 is 0 Å². The van der Waals surface area contributed by atoms with Gasteiger partial charge in [0.1, 0.15) is 11.2 Å². The third kappa shape index (κ3) is 2.31. The summed E-state index contributed by atoms with van der Waals surface area (Å²) in [5.41, 5.74) is 0.774. The minimum Gasteiger partial charge on any atom is -0.378 e. The Kier molecular flexibility index (Phi) is 3.49. The number of methoxy groups -OCH3 is 1. The van der Waals surface area contributed by atoms with E-state index in [4.69, 9.17) is 33.2 Å². The first-order chi connectivity index (χ1) is 6.19. The molecule has 0 saturated carbocycles. The highest BCUT2D eigenvalue weighted by atomic mass is 35.5. The Morgan fingerprint density at radius 3 is 2.85 bits per heavy atom. The van der Waals surface area contributed by atoms with Crippen LogP contribution in [-0.2, 0) is 11.3 Å². The van der Waals surface area contributed by atoms with Crippen molar-refractivity contribution < 1.29 is 4.74 Å². The molecule has 0 aromatic carbocycles. The number of nitrogens with zero attached hydrogens (tertiary/aromatic N) is 2. The van der Waals surface area contributed by atoms with Gasteiger partial charge in [0.25, 0.3) is 0 Å². The van der Waals surface area contributed by atoms with Crippen molar-refractivity contribution in [2.75, 3.05) is 7.11 Å². The molecule has 0 unspecified atom stereocenters. The fourth-order valence-corrected chi connectivity index (χ4v) is 1.41. The van der Waals surface area contributed by atoms with Crippen LogP contribution in [0.2, 0.25) is 10.2 Å². The van der Waals surface area contributed by atoms with Crippen molar-refractivity contribution in [1.82, 2.24) is 4.98 Å². The molecule has 1 aromatic heterocycles. The summed E-state index contributed by atoms with van der Waals surface area (Å²) in [4.78, 5) is 3.93. The van der Waals surface area contributed by atoms with Crippen LogP contribution in [0.3, 0.4) is 0 Å². The second kappa shape index (κ2) is 4.43. The molecule has 68 valence electrons. The molecule has 3 nitrogen and oxygen atoms in total. The monoisotopic (exact) mass is 216 g/mol. The Hall–Kier alpha value is -0.820. The molecule has 5 heteroatoms. The highest BCUT2D eigenvalue weighted by Crippen LogP contribution is 2.22. The van der Waals surface area contributed by atoms with Crippen molar-refractivity contribution in [2.45, 2.75) is 6.61 Å². The van der Waals surface area contributed by atoms with Gasteiger partial charge < -0.3 is 4.74 Å². The summed E-state index contributed by atoms with van der Waals surface area (Å²) in [5.74, 6) is 0. The van der Waals surface area contributed by atoms with E-state index in [0.717, 1.165) is 0 Å². The second-order valence-corrected chi connectivity index (χ2v) is 3.09. The predicted molar refractivity (Wildman–Crippen MR) is 49.7 cm³/mol. The Balaban J connectivity index is 3.23. The van der Waals surface area contributed by atoms with Crippen LogP contribution in [-0.4, -0.2) is 12.1 Å². The van der Waals surface area contributed by atoms with Crippen LogP contribution < -0.4 is 0 Å². The molecular formula is C8H6Cl2N2O. The maximum absolute atomic E-state index is 8.74. The van der Waals surface area contributed by atoms with Gasteiger partial charge in [-0.2, -0.15) is 5.26 Å². The normalized spacial score (nSPS) is 9.69. The van der Waals surface area contributed by atoms with E-state index in [1.165, 1.54) is 13.2 Å². The van der Waals surface area contributed by atoms with Crippen molar-refractivity contribution in [3.63, 3.8) is 0 Å². The van der Waals surface area contributed by atoms with E-state index in [1.807, 2.05) is 6.07 Å². The Morgan fingerprint density at radius 2 is 2.31 bits per heavy atom. The van der Waals surface area contributed by atoms with Gasteiger partial charge in [0.15, 0.2) is 0 Å². The topological polar surface area (TPSA) is 45.9 Å². The van der Waals surface area contributed by atoms with Gasteiger partial charge in [0.2, 0.25) is 0 Å². The summed E-state index contributed by atoms with van der Waals surface area (Å²) in [7, 11) is 1.51. The SMILES string of the molecule is COCc1nc(Cl)cc(Cl)c1C#N. The van der Waals surface area contributed by atoms with Gasteiger partial charge in [-0.1, -0.05) is 23.2 Å². The van der Waals surface area contributed by atoms with Gasteiger partial charge in [-0.05, 0) is 6.07 Å². The van der Waals surface area contributed by atoms with Crippen molar-refractivity contribution in [3.8, 4) is 6.07 Å². The lowest BCUT2D eigenvalue weighted by atomic mass is 10.2. The lowest BCUT2D eigenvalue weighted by molar-refractivity contribution is 0.181. The van der Waals surface area contributed by atoms with Crippen LogP contribution >= 0.6 is 23.2 Å². The van der Waals surface area contributed by atoms with Crippen LogP contribution in [0.25, 0.3) is 0 Å². The number of pyridine rings is 1. The Morgan fingerprint density at radius 1 is 1.62 bits per heavy atom. The van der Waals surface area contributed by atoms with Gasteiger partial charge >= 0.3 is 0 Å². The fraction of sp³-hybridized carbons (Fsp3) is 0.250. The van der Waals surface area contributed by atoms with Crippen LogP contribution in [0, 0.1) is 11.3 Å². The standard InChI is InChI=1S/C8H6Cl2N2O/c1-13-4-7-5(3-11)6(9)2-8(10)12-7/h2H,4H2,1H3. The maximum atomic E-state index is 8.74. The van der Waals surface area contributed by atoms with Gasteiger partial charge in [0, 0.05) is 7.11 Å². The van der Waals surface area contributed by atoms with E-state index < -0.39 is 0 Å². The predicted octanol–water partition coefficient (Wildman–Crippen LogP) is 2.41. The fourth-order valence-electron chi connectivity index (χ4n) is 0.891. The van der Waals surface area contributed by atoms with Crippen LogP contribution in [0.15, 0.2) is 6.07 Å². The number of hydrogen-bond donors (Lipinski definition) is 0. The zero-order valence-corrected chi connectivity index (χ0v) is 8.35. The number of ether oxygens (including phenoxy) is 1. The van der Waals surface area contributed by atoms with Crippen molar-refractivity contribution in [2.24, 2.45) is 0 Å². The highest BCUT2D eigenvalue weighted by molar-refractivity contribution is 6.34. The average molecular weight is 217 g/mol. The van der Waals surface area contributed by atoms with Crippen LogP contribution in [0.5, 0.6) is 0 Å². The first-order valence-corrected chi connectivity index (χ1v) is 4.18. The van der Waals surface area contributed by atoms with Crippen LogP contribution in [0.1, 0.15) is 11.3 Å². The molecule has 0 aliphatic rings. The number of hydrogen-bond acceptors (Lipinski definition) is 3. The van der Waals surface area contributed by atoms with Gasteiger partial charge in [-0.25, -0.2) is 4.98 Å². The van der Waals surface area contributed by atoms with Gasteiger partial charge in [-0.15, -0.1) is 0 Å². The molecule has 0 aliphatic carbocycles. The minimum atomic E-state index is 0.225. The molecule has 0 bridgehead atoms. The first kappa shape index (κ1) is 10.3. The molecule has 0 saturated heterocycles. The lowest BCUT2D eigenvalue weighted by Crippen LogP contribution is -1.97. The summed E-state index contributed by atoms with van der Waals surface area (Å²) in [6, 6.07) is 3.37. The van der Waals surface area contributed by atoms with E-state index in [1.54, 1.807) is 0 Å². The summed E-state index contributed by atoms with van der Waals surface area (Å²) in [6.45, 7) is 0.225. The second-order valence-electron chi connectivity index (χ2n) is 2.29. The van der Waals surface area contributed by atoms with E-state index in [2.05, 4.69) is 4.98 Å². The van der Waals surface area contributed by atoms with E-state index in [9.17, 15) is 0 Å². The number of halogens is 2. The Labute approximate surface area is 85.9 Å².